The number of anilines is 1. The lowest BCUT2D eigenvalue weighted by molar-refractivity contribution is 0.0729. The topological polar surface area (TPSA) is 107 Å². The summed E-state index contributed by atoms with van der Waals surface area (Å²) in [6, 6.07) is 10.3. The predicted molar refractivity (Wildman–Crippen MR) is 111 cm³/mol. The quantitative estimate of drug-likeness (QED) is 0.583. The molecule has 30 heavy (non-hydrogen) atoms. The van der Waals surface area contributed by atoms with E-state index in [1.807, 2.05) is 6.07 Å². The van der Waals surface area contributed by atoms with Crippen LogP contribution in [0.25, 0.3) is 5.65 Å². The number of hydrogen-bond donors (Lipinski definition) is 1. The standard InChI is InChI=1S/C19H23N5O5S/c1-28-16-6-5-15(14-17(16)30(26,27)22-10-12-29-13-11-22)20-7-9-24-19(25)23-8-3-2-4-18(23)21-24/h2-6,8,14,20H,7,9-13H2,1H3. The number of fused-ring (bicyclic) bond motifs is 1. The van der Waals surface area contributed by atoms with E-state index in [4.69, 9.17) is 9.47 Å². The Kier molecular flexibility index (Phi) is 5.75. The number of nitrogens with one attached hydrogen (secondary N) is 1. The average Bonchev–Trinajstić information content (AvgIpc) is 3.10. The molecule has 1 saturated heterocycles. The molecule has 1 fully saturated rings. The fourth-order valence-electron chi connectivity index (χ4n) is 3.33. The van der Waals surface area contributed by atoms with E-state index in [0.717, 1.165) is 0 Å². The number of ether oxygens (including phenoxy) is 2. The van der Waals surface area contributed by atoms with Crippen LogP contribution in [0.15, 0.2) is 52.3 Å². The molecular weight excluding hydrogens is 410 g/mol. The van der Waals surface area contributed by atoms with Crippen molar-refractivity contribution in [2.45, 2.75) is 11.4 Å². The van der Waals surface area contributed by atoms with E-state index in [-0.39, 0.29) is 16.3 Å². The molecule has 3 aromatic rings. The molecule has 3 heterocycles. The fourth-order valence-corrected chi connectivity index (χ4v) is 4.92. The van der Waals surface area contributed by atoms with Gasteiger partial charge < -0.3 is 14.8 Å². The van der Waals surface area contributed by atoms with Crippen LogP contribution in [0.3, 0.4) is 0 Å². The van der Waals surface area contributed by atoms with Crippen LogP contribution in [-0.4, -0.2) is 66.9 Å². The third-order valence-corrected chi connectivity index (χ3v) is 6.81. The van der Waals surface area contributed by atoms with Crippen LogP contribution in [0.2, 0.25) is 0 Å². The van der Waals surface area contributed by atoms with Gasteiger partial charge in [-0.3, -0.25) is 4.40 Å². The molecule has 0 spiro atoms. The van der Waals surface area contributed by atoms with E-state index >= 15 is 0 Å². The lowest BCUT2D eigenvalue weighted by Crippen LogP contribution is -2.40. The number of methoxy groups -OCH3 is 1. The zero-order valence-corrected chi connectivity index (χ0v) is 17.3. The van der Waals surface area contributed by atoms with Crippen molar-refractivity contribution in [3.8, 4) is 5.75 Å². The molecule has 1 N–H and O–H groups in total. The Bertz CT molecular complexity index is 1200. The Morgan fingerprint density at radius 1 is 1.20 bits per heavy atom. The van der Waals surface area contributed by atoms with Crippen LogP contribution in [0.4, 0.5) is 5.69 Å². The summed E-state index contributed by atoms with van der Waals surface area (Å²) in [6.45, 7) is 2.08. The Morgan fingerprint density at radius 2 is 2.00 bits per heavy atom. The van der Waals surface area contributed by atoms with Crippen molar-refractivity contribution in [2.24, 2.45) is 0 Å². The molecular formula is C19H23N5O5S. The van der Waals surface area contributed by atoms with Gasteiger partial charge in [-0.15, -0.1) is 5.10 Å². The SMILES string of the molecule is COc1ccc(NCCn2nc3ccccn3c2=O)cc1S(=O)(=O)N1CCOCC1. The van der Waals surface area contributed by atoms with Gasteiger partial charge in [0.2, 0.25) is 10.0 Å². The highest BCUT2D eigenvalue weighted by atomic mass is 32.2. The molecule has 2 aromatic heterocycles. The van der Waals surface area contributed by atoms with Gasteiger partial charge in [0.15, 0.2) is 5.65 Å². The number of morpholine rings is 1. The number of sulfonamides is 1. The molecule has 1 aliphatic heterocycles. The minimum Gasteiger partial charge on any atom is -0.495 e. The van der Waals surface area contributed by atoms with E-state index in [1.165, 1.54) is 20.5 Å². The minimum absolute atomic E-state index is 0.0989. The van der Waals surface area contributed by atoms with Crippen molar-refractivity contribution in [3.05, 3.63) is 53.1 Å². The maximum Gasteiger partial charge on any atom is 0.350 e. The number of benzene rings is 1. The molecule has 1 aromatic carbocycles. The molecule has 11 heteroatoms. The van der Waals surface area contributed by atoms with E-state index in [2.05, 4.69) is 10.4 Å². The largest absolute Gasteiger partial charge is 0.495 e. The number of pyridine rings is 1. The molecule has 0 atom stereocenters. The zero-order chi connectivity index (χ0) is 21.1. The first-order chi connectivity index (χ1) is 14.5. The lowest BCUT2D eigenvalue weighted by Gasteiger charge is -2.26. The van der Waals surface area contributed by atoms with Gasteiger partial charge in [-0.2, -0.15) is 4.31 Å². The molecule has 10 nitrogen and oxygen atoms in total. The average molecular weight is 433 g/mol. The highest BCUT2D eigenvalue weighted by molar-refractivity contribution is 7.89. The Labute approximate surface area is 173 Å². The molecule has 0 saturated carbocycles. The molecule has 0 radical (unpaired) electrons. The molecule has 0 bridgehead atoms. The molecule has 160 valence electrons. The zero-order valence-electron chi connectivity index (χ0n) is 16.5. The van der Waals surface area contributed by atoms with Gasteiger partial charge in [-0.25, -0.2) is 17.9 Å². The minimum atomic E-state index is -3.71. The summed E-state index contributed by atoms with van der Waals surface area (Å²) in [5.41, 5.74) is 0.961. The van der Waals surface area contributed by atoms with E-state index in [9.17, 15) is 13.2 Å². The Hall–Kier alpha value is -2.89. The van der Waals surface area contributed by atoms with Gasteiger partial charge in [0.05, 0.1) is 26.9 Å². The third-order valence-electron chi connectivity index (χ3n) is 4.89. The van der Waals surface area contributed by atoms with Gasteiger partial charge in [-0.05, 0) is 30.3 Å². The van der Waals surface area contributed by atoms with Crippen molar-refractivity contribution >= 4 is 21.4 Å². The van der Waals surface area contributed by atoms with Gasteiger partial charge in [0.1, 0.15) is 10.6 Å². The van der Waals surface area contributed by atoms with Gasteiger partial charge >= 0.3 is 5.69 Å². The Balaban J connectivity index is 1.51. The van der Waals surface area contributed by atoms with Crippen LogP contribution in [0, 0.1) is 0 Å². The Morgan fingerprint density at radius 3 is 2.73 bits per heavy atom. The number of nitrogens with zero attached hydrogens (tertiary/aromatic N) is 4. The summed E-state index contributed by atoms with van der Waals surface area (Å²) in [6.07, 6.45) is 1.67. The number of aromatic nitrogens is 3. The van der Waals surface area contributed by atoms with Gasteiger partial charge in [-0.1, -0.05) is 6.07 Å². The summed E-state index contributed by atoms with van der Waals surface area (Å²) in [5.74, 6) is 0.281. The van der Waals surface area contributed by atoms with Crippen LogP contribution >= 0.6 is 0 Å². The summed E-state index contributed by atoms with van der Waals surface area (Å²) in [5, 5.41) is 7.44. The lowest BCUT2D eigenvalue weighted by atomic mass is 10.3. The second kappa shape index (κ2) is 8.46. The van der Waals surface area contributed by atoms with E-state index < -0.39 is 10.0 Å². The highest BCUT2D eigenvalue weighted by Gasteiger charge is 2.29. The van der Waals surface area contributed by atoms with Crippen molar-refractivity contribution in [2.75, 3.05) is 45.3 Å². The molecule has 4 rings (SSSR count). The first-order valence-electron chi connectivity index (χ1n) is 9.55. The van der Waals surface area contributed by atoms with Crippen molar-refractivity contribution in [1.29, 1.82) is 0 Å². The smallest absolute Gasteiger partial charge is 0.350 e. The van der Waals surface area contributed by atoms with Crippen LogP contribution < -0.4 is 15.7 Å². The maximum atomic E-state index is 13.1. The second-order valence-electron chi connectivity index (χ2n) is 6.74. The summed E-state index contributed by atoms with van der Waals surface area (Å²) in [7, 11) is -2.27. The number of hydrogen-bond acceptors (Lipinski definition) is 7. The molecule has 0 amide bonds. The number of rotatable bonds is 7. The first-order valence-corrected chi connectivity index (χ1v) is 11.0. The second-order valence-corrected chi connectivity index (χ2v) is 8.65. The van der Waals surface area contributed by atoms with Gasteiger partial charge in [0.25, 0.3) is 0 Å². The van der Waals surface area contributed by atoms with E-state index in [1.54, 1.807) is 36.5 Å². The van der Waals surface area contributed by atoms with E-state index in [0.29, 0.717) is 50.7 Å². The maximum absolute atomic E-state index is 13.1. The fraction of sp³-hybridized carbons (Fsp3) is 0.368. The van der Waals surface area contributed by atoms with Crippen molar-refractivity contribution in [1.82, 2.24) is 18.5 Å². The molecule has 0 aliphatic carbocycles. The summed E-state index contributed by atoms with van der Waals surface area (Å²) >= 11 is 0. The van der Waals surface area contributed by atoms with Crippen molar-refractivity contribution in [3.63, 3.8) is 0 Å². The monoisotopic (exact) mass is 433 g/mol. The van der Waals surface area contributed by atoms with Crippen LogP contribution in [-0.2, 0) is 21.3 Å². The molecule has 1 aliphatic rings. The third kappa shape index (κ3) is 3.91. The van der Waals surface area contributed by atoms with Crippen molar-refractivity contribution < 1.29 is 17.9 Å². The first kappa shape index (κ1) is 20.4. The molecule has 0 unspecified atom stereocenters. The predicted octanol–water partition coefficient (Wildman–Crippen LogP) is 0.638. The normalized spacial score (nSPS) is 15.4. The highest BCUT2D eigenvalue weighted by Crippen LogP contribution is 2.30. The van der Waals surface area contributed by atoms with Gasteiger partial charge in [0, 0.05) is 31.5 Å². The summed E-state index contributed by atoms with van der Waals surface area (Å²) in [4.78, 5) is 12.4. The summed E-state index contributed by atoms with van der Waals surface area (Å²) < 4.78 is 40.9. The van der Waals surface area contributed by atoms with Crippen LogP contribution in [0.1, 0.15) is 0 Å². The van der Waals surface area contributed by atoms with Crippen LogP contribution in [0.5, 0.6) is 5.75 Å².